The number of rotatable bonds is 36. The van der Waals surface area contributed by atoms with Gasteiger partial charge >= 0.3 is 11.9 Å². The zero-order valence-corrected chi connectivity index (χ0v) is 40.8. The molecule has 0 aromatic heterocycles. The first-order chi connectivity index (χ1) is 28.2. The van der Waals surface area contributed by atoms with Gasteiger partial charge in [0.05, 0.1) is 12.8 Å². The molecule has 0 aliphatic rings. The van der Waals surface area contributed by atoms with Gasteiger partial charge in [0.1, 0.15) is 11.5 Å². The summed E-state index contributed by atoms with van der Waals surface area (Å²) in [5.41, 5.74) is 5.03. The standard InChI is InChI=1S/C51H84O4S3/c1-8-10-12-14-16-18-20-22-24-26-28-30-34-56-36-32-48(52)54-50-41(3)38-46(39-42(50)4)58-47-40-43(5)51(45(7)44(47)6)55-49(53)33-37-57-35-31-29-27-25-23-21-19-17-15-13-11-9-2/h38-40H,8-37H2,1-7H3. The first kappa shape index (κ1) is 52.6. The molecule has 2 aromatic carbocycles. The van der Waals surface area contributed by atoms with Crippen LogP contribution in [-0.2, 0) is 9.59 Å². The van der Waals surface area contributed by atoms with E-state index < -0.39 is 0 Å². The molecule has 0 amide bonds. The van der Waals surface area contributed by atoms with Crippen molar-refractivity contribution < 1.29 is 19.1 Å². The minimum Gasteiger partial charge on any atom is -0.426 e. The Bertz CT molecular complexity index is 1380. The molecule has 0 fully saturated rings. The molecular weight excluding hydrogens is 773 g/mol. The fourth-order valence-corrected chi connectivity index (χ4v) is 10.6. The number of ether oxygens (including phenoxy) is 2. The highest BCUT2D eigenvalue weighted by Gasteiger charge is 2.17. The van der Waals surface area contributed by atoms with Crippen molar-refractivity contribution in [3.8, 4) is 11.5 Å². The largest absolute Gasteiger partial charge is 0.426 e. The number of unbranched alkanes of at least 4 members (excludes halogenated alkanes) is 22. The van der Waals surface area contributed by atoms with E-state index in [4.69, 9.17) is 9.47 Å². The van der Waals surface area contributed by atoms with Crippen LogP contribution >= 0.6 is 35.3 Å². The molecule has 0 saturated carbocycles. The highest BCUT2D eigenvalue weighted by molar-refractivity contribution is 7.99. The highest BCUT2D eigenvalue weighted by atomic mass is 32.2. The van der Waals surface area contributed by atoms with E-state index in [1.54, 1.807) is 11.8 Å². The molecule has 0 heterocycles. The van der Waals surface area contributed by atoms with E-state index in [1.165, 1.54) is 154 Å². The van der Waals surface area contributed by atoms with Crippen molar-refractivity contribution in [3.63, 3.8) is 0 Å². The summed E-state index contributed by atoms with van der Waals surface area (Å²) in [6, 6.07) is 6.34. The van der Waals surface area contributed by atoms with E-state index in [2.05, 4.69) is 39.0 Å². The van der Waals surface area contributed by atoms with E-state index in [9.17, 15) is 9.59 Å². The van der Waals surface area contributed by atoms with Crippen LogP contribution in [0.2, 0.25) is 0 Å². The Hall–Kier alpha value is -1.57. The minimum atomic E-state index is -0.154. The number of thioether (sulfide) groups is 2. The lowest BCUT2D eigenvalue weighted by atomic mass is 10.1. The smallest absolute Gasteiger partial charge is 0.312 e. The molecule has 0 unspecified atom stereocenters. The van der Waals surface area contributed by atoms with Crippen molar-refractivity contribution in [1.29, 1.82) is 0 Å². The molecule has 4 nitrogen and oxygen atoms in total. The lowest BCUT2D eigenvalue weighted by Crippen LogP contribution is -2.11. The van der Waals surface area contributed by atoms with Crippen LogP contribution in [0.25, 0.3) is 0 Å². The van der Waals surface area contributed by atoms with Crippen LogP contribution in [0, 0.1) is 34.6 Å². The Morgan fingerprint density at radius 2 is 0.776 bits per heavy atom. The molecule has 0 bridgehead atoms. The van der Waals surface area contributed by atoms with Crippen LogP contribution in [0.1, 0.15) is 209 Å². The lowest BCUT2D eigenvalue weighted by molar-refractivity contribution is -0.134. The van der Waals surface area contributed by atoms with Gasteiger partial charge < -0.3 is 9.47 Å². The van der Waals surface area contributed by atoms with Gasteiger partial charge in [0.15, 0.2) is 0 Å². The molecule has 0 saturated heterocycles. The summed E-state index contributed by atoms with van der Waals surface area (Å²) in [7, 11) is 0. The summed E-state index contributed by atoms with van der Waals surface area (Å²) >= 11 is 5.45. The monoisotopic (exact) mass is 857 g/mol. The van der Waals surface area contributed by atoms with Gasteiger partial charge in [-0.3, -0.25) is 9.59 Å². The number of benzene rings is 2. The van der Waals surface area contributed by atoms with Crippen molar-refractivity contribution in [3.05, 3.63) is 46.0 Å². The predicted molar refractivity (Wildman–Crippen MR) is 258 cm³/mol. The normalized spacial score (nSPS) is 11.4. The third kappa shape index (κ3) is 24.0. The average Bonchev–Trinajstić information content (AvgIpc) is 3.20. The number of hydrogen-bond donors (Lipinski definition) is 0. The van der Waals surface area contributed by atoms with Gasteiger partial charge in [-0.25, -0.2) is 0 Å². The zero-order valence-electron chi connectivity index (χ0n) is 38.3. The Balaban J connectivity index is 1.65. The maximum Gasteiger partial charge on any atom is 0.312 e. The molecule has 330 valence electrons. The average molecular weight is 857 g/mol. The molecule has 7 heteroatoms. The first-order valence-corrected chi connectivity index (χ1v) is 26.8. The van der Waals surface area contributed by atoms with Crippen molar-refractivity contribution in [2.75, 3.05) is 23.0 Å². The van der Waals surface area contributed by atoms with Crippen LogP contribution in [0.4, 0.5) is 0 Å². The Kier molecular flexibility index (Phi) is 30.9. The highest BCUT2D eigenvalue weighted by Crippen LogP contribution is 2.40. The van der Waals surface area contributed by atoms with Gasteiger partial charge in [-0.05, 0) is 105 Å². The summed E-state index contributed by atoms with van der Waals surface area (Å²) < 4.78 is 11.8. The van der Waals surface area contributed by atoms with Crippen molar-refractivity contribution in [2.45, 2.75) is 225 Å². The molecule has 58 heavy (non-hydrogen) atoms. The summed E-state index contributed by atoms with van der Waals surface area (Å²) in [4.78, 5) is 27.8. The van der Waals surface area contributed by atoms with E-state index in [0.717, 1.165) is 60.6 Å². The van der Waals surface area contributed by atoms with Gasteiger partial charge in [-0.15, -0.1) is 0 Å². The van der Waals surface area contributed by atoms with Crippen molar-refractivity contribution >= 4 is 47.2 Å². The van der Waals surface area contributed by atoms with Crippen molar-refractivity contribution in [1.82, 2.24) is 0 Å². The quantitative estimate of drug-likeness (QED) is 0.0384. The molecule has 0 radical (unpaired) electrons. The molecule has 0 spiro atoms. The zero-order chi connectivity index (χ0) is 42.2. The third-order valence-electron chi connectivity index (χ3n) is 11.3. The van der Waals surface area contributed by atoms with E-state index >= 15 is 0 Å². The molecule has 2 aromatic rings. The molecule has 2 rings (SSSR count). The second-order valence-electron chi connectivity index (χ2n) is 16.7. The number of esters is 2. The second-order valence-corrected chi connectivity index (χ2v) is 20.3. The number of hydrogen-bond acceptors (Lipinski definition) is 7. The topological polar surface area (TPSA) is 52.6 Å². The van der Waals surface area contributed by atoms with Crippen LogP contribution in [0.15, 0.2) is 28.0 Å². The molecular formula is C51H84O4S3. The Labute approximate surface area is 370 Å². The van der Waals surface area contributed by atoms with Gasteiger partial charge in [-0.1, -0.05) is 167 Å². The predicted octanol–water partition coefficient (Wildman–Crippen LogP) is 16.8. The molecule has 0 atom stereocenters. The Morgan fingerprint density at radius 1 is 0.431 bits per heavy atom. The first-order valence-electron chi connectivity index (χ1n) is 23.6. The van der Waals surface area contributed by atoms with Gasteiger partial charge in [-0.2, -0.15) is 23.5 Å². The van der Waals surface area contributed by atoms with E-state index in [1.807, 2.05) is 51.2 Å². The van der Waals surface area contributed by atoms with Crippen molar-refractivity contribution in [2.24, 2.45) is 0 Å². The number of carbonyl (C=O) groups excluding carboxylic acids is 2. The second kappa shape index (κ2) is 34.1. The SMILES string of the molecule is CCCCCCCCCCCCCCSCCC(=O)Oc1c(C)cc(Sc2cc(C)c(OC(=O)CCSCCCCCCCCCCCCCC)c(C)c2C)cc1C. The third-order valence-corrected chi connectivity index (χ3v) is 14.5. The van der Waals surface area contributed by atoms with Crippen LogP contribution in [0.3, 0.4) is 0 Å². The van der Waals surface area contributed by atoms with Crippen LogP contribution in [0.5, 0.6) is 11.5 Å². The summed E-state index contributed by atoms with van der Waals surface area (Å²) in [5, 5.41) is 0. The van der Waals surface area contributed by atoms with Gasteiger partial charge in [0.25, 0.3) is 0 Å². The van der Waals surface area contributed by atoms with Gasteiger partial charge in [0.2, 0.25) is 0 Å². The number of carbonyl (C=O) groups is 2. The minimum absolute atomic E-state index is 0.150. The summed E-state index contributed by atoms with van der Waals surface area (Å²) in [6.07, 6.45) is 33.7. The Morgan fingerprint density at radius 3 is 1.17 bits per heavy atom. The number of aryl methyl sites for hydroxylation is 3. The molecule has 0 aliphatic heterocycles. The summed E-state index contributed by atoms with van der Waals surface area (Å²) in [6.45, 7) is 14.8. The van der Waals surface area contributed by atoms with Crippen LogP contribution in [-0.4, -0.2) is 35.0 Å². The molecule has 0 N–H and O–H groups in total. The molecule has 0 aliphatic carbocycles. The summed E-state index contributed by atoms with van der Waals surface area (Å²) in [5.74, 6) is 4.93. The van der Waals surface area contributed by atoms with E-state index in [-0.39, 0.29) is 11.9 Å². The van der Waals surface area contributed by atoms with E-state index in [0.29, 0.717) is 24.3 Å². The van der Waals surface area contributed by atoms with Crippen LogP contribution < -0.4 is 9.47 Å². The van der Waals surface area contributed by atoms with Gasteiger partial charge in [0, 0.05) is 21.3 Å². The maximum atomic E-state index is 12.8. The lowest BCUT2D eigenvalue weighted by Gasteiger charge is -2.17. The fourth-order valence-electron chi connectivity index (χ4n) is 7.48. The fraction of sp³-hybridized carbons (Fsp3) is 0.725. The maximum absolute atomic E-state index is 12.8.